The smallest absolute Gasteiger partial charge is 0.226 e. The normalized spacial score (nSPS) is 11.3. The fourth-order valence-electron chi connectivity index (χ4n) is 1.43. The Morgan fingerprint density at radius 2 is 2.19 bits per heavy atom. The van der Waals surface area contributed by atoms with Crippen molar-refractivity contribution in [3.63, 3.8) is 0 Å². The number of nitrogens with one attached hydrogen (secondary N) is 1. The van der Waals surface area contributed by atoms with Gasteiger partial charge in [-0.15, -0.1) is 0 Å². The Morgan fingerprint density at radius 3 is 2.88 bits per heavy atom. The van der Waals surface area contributed by atoms with Crippen molar-refractivity contribution >= 4 is 28.5 Å². The van der Waals surface area contributed by atoms with Gasteiger partial charge in [0.1, 0.15) is 5.82 Å². The first-order valence-electron chi connectivity index (χ1n) is 5.17. The SMILES string of the molecule is CC(C)CNc1nc(Cl)nc2c1cnn2C. The molecule has 16 heavy (non-hydrogen) atoms. The van der Waals surface area contributed by atoms with Crippen LogP contribution in [0.15, 0.2) is 6.20 Å². The summed E-state index contributed by atoms with van der Waals surface area (Å²) in [5.41, 5.74) is 0.742. The number of rotatable bonds is 3. The summed E-state index contributed by atoms with van der Waals surface area (Å²) in [6.07, 6.45) is 1.74. The van der Waals surface area contributed by atoms with Crippen LogP contribution in [-0.4, -0.2) is 26.3 Å². The minimum atomic E-state index is 0.238. The van der Waals surface area contributed by atoms with Crippen LogP contribution in [0.5, 0.6) is 0 Å². The summed E-state index contributed by atoms with van der Waals surface area (Å²) in [6.45, 7) is 5.11. The van der Waals surface area contributed by atoms with Gasteiger partial charge in [-0.1, -0.05) is 13.8 Å². The molecule has 2 heterocycles. The summed E-state index contributed by atoms with van der Waals surface area (Å²) < 4.78 is 1.68. The molecule has 0 atom stereocenters. The molecule has 0 aliphatic rings. The zero-order valence-electron chi connectivity index (χ0n) is 9.53. The number of hydrogen-bond donors (Lipinski definition) is 1. The average molecular weight is 240 g/mol. The third kappa shape index (κ3) is 2.09. The van der Waals surface area contributed by atoms with Gasteiger partial charge in [-0.3, -0.25) is 4.68 Å². The molecular weight excluding hydrogens is 226 g/mol. The maximum atomic E-state index is 5.86. The monoisotopic (exact) mass is 239 g/mol. The Kier molecular flexibility index (Phi) is 2.96. The van der Waals surface area contributed by atoms with Crippen molar-refractivity contribution in [1.29, 1.82) is 0 Å². The lowest BCUT2D eigenvalue weighted by atomic mass is 10.2. The number of aryl methyl sites for hydroxylation is 1. The summed E-state index contributed by atoms with van der Waals surface area (Å²) in [6, 6.07) is 0. The van der Waals surface area contributed by atoms with Crippen molar-refractivity contribution in [2.75, 3.05) is 11.9 Å². The van der Waals surface area contributed by atoms with Crippen molar-refractivity contribution in [3.8, 4) is 0 Å². The molecule has 2 rings (SSSR count). The van der Waals surface area contributed by atoms with Crippen LogP contribution in [0.1, 0.15) is 13.8 Å². The van der Waals surface area contributed by atoms with E-state index in [4.69, 9.17) is 11.6 Å². The van der Waals surface area contributed by atoms with E-state index < -0.39 is 0 Å². The summed E-state index contributed by atoms with van der Waals surface area (Å²) in [5.74, 6) is 1.29. The van der Waals surface area contributed by atoms with Crippen LogP contribution in [0.2, 0.25) is 5.28 Å². The van der Waals surface area contributed by atoms with Crippen LogP contribution in [0, 0.1) is 5.92 Å². The molecule has 1 N–H and O–H groups in total. The number of hydrogen-bond acceptors (Lipinski definition) is 4. The minimum Gasteiger partial charge on any atom is -0.369 e. The van der Waals surface area contributed by atoms with E-state index in [-0.39, 0.29) is 5.28 Å². The minimum absolute atomic E-state index is 0.238. The summed E-state index contributed by atoms with van der Waals surface area (Å²) in [4.78, 5) is 8.31. The molecule has 0 saturated heterocycles. The number of halogens is 1. The largest absolute Gasteiger partial charge is 0.369 e. The molecular formula is C10H14ClN5. The molecule has 2 aromatic heterocycles. The highest BCUT2D eigenvalue weighted by Gasteiger charge is 2.10. The molecule has 0 spiro atoms. The molecule has 0 bridgehead atoms. The van der Waals surface area contributed by atoms with Gasteiger partial charge in [-0.2, -0.15) is 15.1 Å². The molecule has 0 aromatic carbocycles. The van der Waals surface area contributed by atoms with Gasteiger partial charge in [0.25, 0.3) is 0 Å². The fraction of sp³-hybridized carbons (Fsp3) is 0.500. The summed E-state index contributed by atoms with van der Waals surface area (Å²) in [7, 11) is 1.83. The zero-order valence-corrected chi connectivity index (χ0v) is 10.3. The standard InChI is InChI=1S/C10H14ClN5/c1-6(2)4-12-8-7-5-13-16(3)9(7)15-10(11)14-8/h5-6H,4H2,1-3H3,(H,12,14,15). The van der Waals surface area contributed by atoms with Crippen LogP contribution in [0.25, 0.3) is 11.0 Å². The number of nitrogens with zero attached hydrogens (tertiary/aromatic N) is 4. The first-order valence-corrected chi connectivity index (χ1v) is 5.55. The molecule has 0 fully saturated rings. The van der Waals surface area contributed by atoms with Gasteiger partial charge in [0, 0.05) is 13.6 Å². The van der Waals surface area contributed by atoms with E-state index >= 15 is 0 Å². The van der Waals surface area contributed by atoms with Gasteiger partial charge in [0.15, 0.2) is 5.65 Å². The van der Waals surface area contributed by atoms with Gasteiger partial charge >= 0.3 is 0 Å². The summed E-state index contributed by atoms with van der Waals surface area (Å²) >= 11 is 5.86. The highest BCUT2D eigenvalue weighted by molar-refractivity contribution is 6.28. The van der Waals surface area contributed by atoms with Crippen molar-refractivity contribution in [2.45, 2.75) is 13.8 Å². The predicted octanol–water partition coefficient (Wildman–Crippen LogP) is 2.08. The summed E-state index contributed by atoms with van der Waals surface area (Å²) in [5, 5.41) is 8.53. The van der Waals surface area contributed by atoms with E-state index in [2.05, 4.69) is 34.2 Å². The Labute approximate surface area is 98.8 Å². The van der Waals surface area contributed by atoms with Gasteiger partial charge in [-0.25, -0.2) is 0 Å². The number of fused-ring (bicyclic) bond motifs is 1. The van der Waals surface area contributed by atoms with Gasteiger partial charge in [0.05, 0.1) is 11.6 Å². The maximum Gasteiger partial charge on any atom is 0.226 e. The Bertz CT molecular complexity index is 505. The second-order valence-electron chi connectivity index (χ2n) is 4.12. The molecule has 86 valence electrons. The zero-order chi connectivity index (χ0) is 11.7. The van der Waals surface area contributed by atoms with Crippen LogP contribution in [-0.2, 0) is 7.05 Å². The lowest BCUT2D eigenvalue weighted by molar-refractivity contribution is 0.687. The van der Waals surface area contributed by atoms with E-state index in [0.29, 0.717) is 5.92 Å². The highest BCUT2D eigenvalue weighted by Crippen LogP contribution is 2.21. The Hall–Kier alpha value is -1.36. The van der Waals surface area contributed by atoms with Crippen LogP contribution < -0.4 is 5.32 Å². The second-order valence-corrected chi connectivity index (χ2v) is 4.46. The molecule has 5 nitrogen and oxygen atoms in total. The molecule has 0 aliphatic heterocycles. The number of anilines is 1. The first-order chi connectivity index (χ1) is 7.58. The van der Waals surface area contributed by atoms with Crippen molar-refractivity contribution < 1.29 is 0 Å². The fourth-order valence-corrected chi connectivity index (χ4v) is 1.60. The molecule has 0 saturated carbocycles. The average Bonchev–Trinajstić information content (AvgIpc) is 2.57. The molecule has 6 heteroatoms. The molecule has 0 amide bonds. The van der Waals surface area contributed by atoms with Gasteiger partial charge in [0.2, 0.25) is 5.28 Å². The van der Waals surface area contributed by atoms with Crippen LogP contribution in [0.4, 0.5) is 5.82 Å². The van der Waals surface area contributed by atoms with E-state index in [9.17, 15) is 0 Å². The third-order valence-electron chi connectivity index (χ3n) is 2.24. The maximum absolute atomic E-state index is 5.86. The van der Waals surface area contributed by atoms with Crippen LogP contribution >= 0.6 is 11.6 Å². The quantitative estimate of drug-likeness (QED) is 0.834. The predicted molar refractivity (Wildman–Crippen MR) is 64.6 cm³/mol. The Morgan fingerprint density at radius 1 is 1.44 bits per heavy atom. The van der Waals surface area contributed by atoms with Crippen molar-refractivity contribution in [2.24, 2.45) is 13.0 Å². The van der Waals surface area contributed by atoms with Gasteiger partial charge in [-0.05, 0) is 17.5 Å². The van der Waals surface area contributed by atoms with Crippen LogP contribution in [0.3, 0.4) is 0 Å². The molecule has 0 unspecified atom stereocenters. The number of aromatic nitrogens is 4. The molecule has 2 aromatic rings. The van der Waals surface area contributed by atoms with Gasteiger partial charge < -0.3 is 5.32 Å². The lowest BCUT2D eigenvalue weighted by Crippen LogP contribution is -2.10. The second kappa shape index (κ2) is 4.25. The van der Waals surface area contributed by atoms with E-state index in [1.54, 1.807) is 10.9 Å². The Balaban J connectivity index is 2.43. The lowest BCUT2D eigenvalue weighted by Gasteiger charge is -2.08. The highest BCUT2D eigenvalue weighted by atomic mass is 35.5. The van der Waals surface area contributed by atoms with Crippen molar-refractivity contribution in [3.05, 3.63) is 11.5 Å². The molecule has 0 aliphatic carbocycles. The molecule has 0 radical (unpaired) electrons. The van der Waals surface area contributed by atoms with E-state index in [1.807, 2.05) is 7.05 Å². The topological polar surface area (TPSA) is 55.6 Å². The van der Waals surface area contributed by atoms with E-state index in [0.717, 1.165) is 23.4 Å². The first kappa shape index (κ1) is 11.1. The third-order valence-corrected chi connectivity index (χ3v) is 2.41. The van der Waals surface area contributed by atoms with E-state index in [1.165, 1.54) is 0 Å². The van der Waals surface area contributed by atoms with Crippen molar-refractivity contribution in [1.82, 2.24) is 19.7 Å².